The minimum absolute atomic E-state index is 0.0465. The van der Waals surface area contributed by atoms with Crippen molar-refractivity contribution in [2.24, 2.45) is 0 Å². The van der Waals surface area contributed by atoms with Crippen LogP contribution >= 0.6 is 55.1 Å². The molecule has 0 saturated carbocycles. The van der Waals surface area contributed by atoms with Crippen molar-refractivity contribution < 1.29 is 4.79 Å². The SMILES string of the molecule is CC(CBr)(CBr)NC(=O)Cc1ccc(Cl)c(Cl)c1. The first-order valence-electron chi connectivity index (χ1n) is 5.27. The van der Waals surface area contributed by atoms with E-state index in [-0.39, 0.29) is 17.9 Å². The Labute approximate surface area is 134 Å². The van der Waals surface area contributed by atoms with Crippen molar-refractivity contribution in [3.05, 3.63) is 33.8 Å². The molecule has 0 spiro atoms. The van der Waals surface area contributed by atoms with E-state index in [1.807, 2.05) is 6.92 Å². The van der Waals surface area contributed by atoms with Gasteiger partial charge in [0.2, 0.25) is 5.91 Å². The summed E-state index contributed by atoms with van der Waals surface area (Å²) in [4.78, 5) is 11.9. The van der Waals surface area contributed by atoms with Gasteiger partial charge in [0.1, 0.15) is 0 Å². The fourth-order valence-corrected chi connectivity index (χ4v) is 2.85. The highest BCUT2D eigenvalue weighted by Crippen LogP contribution is 2.23. The van der Waals surface area contributed by atoms with Gasteiger partial charge in [-0.25, -0.2) is 0 Å². The Kier molecular flexibility index (Phi) is 6.45. The van der Waals surface area contributed by atoms with Crippen LogP contribution in [0.1, 0.15) is 12.5 Å². The topological polar surface area (TPSA) is 29.1 Å². The molecule has 0 aliphatic heterocycles. The van der Waals surface area contributed by atoms with Crippen LogP contribution in [0.25, 0.3) is 0 Å². The van der Waals surface area contributed by atoms with E-state index >= 15 is 0 Å². The predicted molar refractivity (Wildman–Crippen MR) is 84.3 cm³/mol. The maximum absolute atomic E-state index is 11.9. The van der Waals surface area contributed by atoms with Gasteiger partial charge in [-0.2, -0.15) is 0 Å². The van der Waals surface area contributed by atoms with Crippen molar-refractivity contribution in [2.75, 3.05) is 10.7 Å². The fraction of sp³-hybridized carbons (Fsp3) is 0.417. The van der Waals surface area contributed by atoms with Gasteiger partial charge in [0, 0.05) is 10.7 Å². The summed E-state index contributed by atoms with van der Waals surface area (Å²) in [6.07, 6.45) is 0.284. The lowest BCUT2D eigenvalue weighted by Gasteiger charge is -2.26. The molecule has 18 heavy (non-hydrogen) atoms. The molecule has 1 amide bonds. The van der Waals surface area contributed by atoms with Gasteiger partial charge in [0.25, 0.3) is 0 Å². The number of alkyl halides is 2. The average molecular weight is 418 g/mol. The lowest BCUT2D eigenvalue weighted by atomic mass is 10.1. The highest BCUT2D eigenvalue weighted by atomic mass is 79.9. The Hall–Kier alpha value is 0.230. The lowest BCUT2D eigenvalue weighted by molar-refractivity contribution is -0.121. The Balaban J connectivity index is 2.67. The van der Waals surface area contributed by atoms with Crippen LogP contribution < -0.4 is 5.32 Å². The highest BCUT2D eigenvalue weighted by molar-refractivity contribution is 9.09. The number of benzene rings is 1. The van der Waals surface area contributed by atoms with Crippen molar-refractivity contribution in [3.8, 4) is 0 Å². The molecule has 1 rings (SSSR count). The van der Waals surface area contributed by atoms with Crippen molar-refractivity contribution in [2.45, 2.75) is 18.9 Å². The number of amides is 1. The van der Waals surface area contributed by atoms with Gasteiger partial charge in [0.05, 0.1) is 22.0 Å². The molecule has 2 nitrogen and oxygen atoms in total. The Morgan fingerprint density at radius 3 is 2.39 bits per heavy atom. The number of hydrogen-bond acceptors (Lipinski definition) is 1. The minimum Gasteiger partial charge on any atom is -0.349 e. The van der Waals surface area contributed by atoms with Crippen molar-refractivity contribution in [3.63, 3.8) is 0 Å². The van der Waals surface area contributed by atoms with Gasteiger partial charge in [-0.05, 0) is 24.6 Å². The maximum Gasteiger partial charge on any atom is 0.224 e. The van der Waals surface area contributed by atoms with E-state index in [0.717, 1.165) is 5.56 Å². The first-order chi connectivity index (χ1) is 8.40. The molecule has 1 N–H and O–H groups in total. The number of nitrogens with one attached hydrogen (secondary N) is 1. The molecule has 0 heterocycles. The molecular weight excluding hydrogens is 405 g/mol. The van der Waals surface area contributed by atoms with Crippen LogP contribution in [0.15, 0.2) is 18.2 Å². The highest BCUT2D eigenvalue weighted by Gasteiger charge is 2.23. The standard InChI is InChI=1S/C12H13Br2Cl2NO/c1-12(6-13,7-14)17-11(18)5-8-2-3-9(15)10(16)4-8/h2-4H,5-7H2,1H3,(H,17,18). The van der Waals surface area contributed by atoms with Crippen molar-refractivity contribution in [1.29, 1.82) is 0 Å². The molecule has 0 fully saturated rings. The third-order valence-electron chi connectivity index (χ3n) is 2.38. The molecule has 100 valence electrons. The van der Waals surface area contributed by atoms with E-state index in [4.69, 9.17) is 23.2 Å². The predicted octanol–water partition coefficient (Wildman–Crippen LogP) is 4.20. The van der Waals surface area contributed by atoms with E-state index in [1.54, 1.807) is 18.2 Å². The Bertz CT molecular complexity index is 436. The molecule has 0 bridgehead atoms. The van der Waals surface area contributed by atoms with E-state index in [9.17, 15) is 4.79 Å². The lowest BCUT2D eigenvalue weighted by Crippen LogP contribution is -2.49. The van der Waals surface area contributed by atoms with Crippen LogP contribution in [0.4, 0.5) is 0 Å². The number of hydrogen-bond donors (Lipinski definition) is 1. The second kappa shape index (κ2) is 7.13. The first-order valence-corrected chi connectivity index (χ1v) is 8.27. The summed E-state index contributed by atoms with van der Waals surface area (Å²) >= 11 is 18.5. The zero-order chi connectivity index (χ0) is 13.8. The van der Waals surface area contributed by atoms with E-state index in [2.05, 4.69) is 37.2 Å². The summed E-state index contributed by atoms with van der Waals surface area (Å²) in [6.45, 7) is 1.96. The van der Waals surface area contributed by atoms with Crippen LogP contribution in [-0.2, 0) is 11.2 Å². The number of rotatable bonds is 5. The molecule has 0 aliphatic rings. The maximum atomic E-state index is 11.9. The van der Waals surface area contributed by atoms with Crippen molar-refractivity contribution in [1.82, 2.24) is 5.32 Å². The molecule has 0 radical (unpaired) electrons. The van der Waals surface area contributed by atoms with Crippen LogP contribution in [0.2, 0.25) is 10.0 Å². The minimum atomic E-state index is -0.298. The zero-order valence-corrected chi connectivity index (χ0v) is 14.5. The molecule has 0 saturated heterocycles. The smallest absolute Gasteiger partial charge is 0.224 e. The van der Waals surface area contributed by atoms with Gasteiger partial charge < -0.3 is 5.32 Å². The van der Waals surface area contributed by atoms with Crippen LogP contribution in [0, 0.1) is 0 Å². The zero-order valence-electron chi connectivity index (χ0n) is 9.77. The van der Waals surface area contributed by atoms with Crippen LogP contribution in [0.5, 0.6) is 0 Å². The number of halogens is 4. The Morgan fingerprint density at radius 2 is 1.89 bits per heavy atom. The molecule has 1 aromatic rings. The molecule has 0 atom stereocenters. The van der Waals surface area contributed by atoms with Crippen LogP contribution in [0.3, 0.4) is 0 Å². The third-order valence-corrected chi connectivity index (χ3v) is 5.59. The fourth-order valence-electron chi connectivity index (χ4n) is 1.32. The monoisotopic (exact) mass is 415 g/mol. The normalized spacial score (nSPS) is 11.4. The van der Waals surface area contributed by atoms with Gasteiger partial charge in [-0.15, -0.1) is 0 Å². The average Bonchev–Trinajstić information content (AvgIpc) is 2.33. The summed E-state index contributed by atoms with van der Waals surface area (Å²) in [6, 6.07) is 5.21. The molecule has 0 aromatic heterocycles. The first kappa shape index (κ1) is 16.3. The molecular formula is C12H13Br2Cl2NO. The largest absolute Gasteiger partial charge is 0.349 e. The van der Waals surface area contributed by atoms with E-state index < -0.39 is 0 Å². The quantitative estimate of drug-likeness (QED) is 0.715. The Morgan fingerprint density at radius 1 is 1.28 bits per heavy atom. The summed E-state index contributed by atoms with van der Waals surface area (Å²) in [5.74, 6) is -0.0465. The van der Waals surface area contributed by atoms with Gasteiger partial charge in [-0.3, -0.25) is 4.79 Å². The summed E-state index contributed by atoms with van der Waals surface area (Å²) < 4.78 is 0. The van der Waals surface area contributed by atoms with Gasteiger partial charge in [-0.1, -0.05) is 61.1 Å². The molecule has 1 aromatic carbocycles. The molecule has 0 unspecified atom stereocenters. The number of carbonyl (C=O) groups excluding carboxylic acids is 1. The molecule has 0 aliphatic carbocycles. The summed E-state index contributed by atoms with van der Waals surface area (Å²) in [5, 5.41) is 5.28. The second-order valence-electron chi connectivity index (χ2n) is 4.30. The third kappa shape index (κ3) is 4.72. The van der Waals surface area contributed by atoms with Gasteiger partial charge in [0.15, 0.2) is 0 Å². The van der Waals surface area contributed by atoms with Gasteiger partial charge >= 0.3 is 0 Å². The van der Waals surface area contributed by atoms with E-state index in [0.29, 0.717) is 20.7 Å². The summed E-state index contributed by atoms with van der Waals surface area (Å²) in [7, 11) is 0. The van der Waals surface area contributed by atoms with Crippen LogP contribution in [-0.4, -0.2) is 22.1 Å². The second-order valence-corrected chi connectivity index (χ2v) is 6.24. The summed E-state index contributed by atoms with van der Waals surface area (Å²) in [5.41, 5.74) is 0.543. The number of carbonyl (C=O) groups is 1. The molecule has 6 heteroatoms. The van der Waals surface area contributed by atoms with Crippen molar-refractivity contribution >= 4 is 61.0 Å². The van der Waals surface area contributed by atoms with E-state index in [1.165, 1.54) is 0 Å².